The number of amides is 1. The summed E-state index contributed by atoms with van der Waals surface area (Å²) in [6.07, 6.45) is 3.38. The molecule has 1 saturated heterocycles. The zero-order valence-electron chi connectivity index (χ0n) is 15.5. The van der Waals surface area contributed by atoms with Crippen molar-refractivity contribution in [3.63, 3.8) is 0 Å². The van der Waals surface area contributed by atoms with Crippen LogP contribution in [0.3, 0.4) is 0 Å². The number of piperidine rings is 1. The molecule has 0 spiro atoms. The van der Waals surface area contributed by atoms with Crippen molar-refractivity contribution in [3.05, 3.63) is 60.0 Å². The predicted molar refractivity (Wildman–Crippen MR) is 101 cm³/mol. The molecule has 0 bridgehead atoms. The minimum atomic E-state index is -0.158. The molecule has 0 N–H and O–H groups in total. The number of imidazole rings is 1. The molecule has 1 saturated carbocycles. The summed E-state index contributed by atoms with van der Waals surface area (Å²) in [4.78, 5) is 35.2. The topological polar surface area (TPSA) is 77.3 Å². The largest absolute Gasteiger partial charge is 0.469 e. The van der Waals surface area contributed by atoms with Gasteiger partial charge in [0.15, 0.2) is 5.65 Å². The van der Waals surface area contributed by atoms with E-state index in [0.717, 1.165) is 5.65 Å². The van der Waals surface area contributed by atoms with Gasteiger partial charge in [0.2, 0.25) is 0 Å². The lowest BCUT2D eigenvalue weighted by atomic mass is 10.2. The number of nitrogens with zero attached hydrogens (tertiary/aromatic N) is 4. The molecule has 1 amide bonds. The van der Waals surface area contributed by atoms with Crippen LogP contribution < -0.4 is 0 Å². The fraction of sp³-hybridized carbons (Fsp3) is 0.333. The number of methoxy groups -OCH3 is 1. The first-order chi connectivity index (χ1) is 13.7. The van der Waals surface area contributed by atoms with Crippen molar-refractivity contribution >= 4 is 23.0 Å². The predicted octanol–water partition coefficient (Wildman–Crippen LogP) is 1.97. The first-order valence-corrected chi connectivity index (χ1v) is 9.37. The number of hydrogen-bond acceptors (Lipinski definition) is 5. The maximum atomic E-state index is 12.8. The maximum absolute atomic E-state index is 12.8. The van der Waals surface area contributed by atoms with Gasteiger partial charge in [0.05, 0.1) is 31.5 Å². The van der Waals surface area contributed by atoms with E-state index in [1.54, 1.807) is 23.5 Å². The van der Waals surface area contributed by atoms with Crippen LogP contribution in [-0.2, 0) is 16.1 Å². The molecular weight excluding hydrogens is 356 g/mol. The highest BCUT2D eigenvalue weighted by atomic mass is 16.5. The third-order valence-electron chi connectivity index (χ3n) is 5.85. The molecule has 1 aromatic carbocycles. The van der Waals surface area contributed by atoms with Gasteiger partial charge >= 0.3 is 5.97 Å². The molecule has 1 unspecified atom stereocenters. The normalized spacial score (nSPS) is 22.9. The lowest BCUT2D eigenvalue weighted by molar-refractivity contribution is -0.143. The van der Waals surface area contributed by atoms with E-state index in [1.165, 1.54) is 12.7 Å². The van der Waals surface area contributed by atoms with Gasteiger partial charge in [-0.2, -0.15) is 0 Å². The van der Waals surface area contributed by atoms with Crippen LogP contribution in [0.5, 0.6) is 0 Å². The third kappa shape index (κ3) is 2.74. The van der Waals surface area contributed by atoms with Gasteiger partial charge in [-0.3, -0.25) is 9.59 Å². The standard InChI is InChI=1S/C21H20N4O3/c1-28-21(27)18-15-10-24(11-16(15)18)20(26)14-7-17-19(22-8-14)25(12-23-17)9-13-5-3-2-4-6-13/h2-8,12,15-16,18H,9-11H2,1H3/t15-,16+,18?. The summed E-state index contributed by atoms with van der Waals surface area (Å²) in [5.41, 5.74) is 3.17. The summed E-state index contributed by atoms with van der Waals surface area (Å²) in [6.45, 7) is 1.88. The molecule has 5 rings (SSSR count). The van der Waals surface area contributed by atoms with E-state index < -0.39 is 0 Å². The van der Waals surface area contributed by atoms with Crippen molar-refractivity contribution in [1.29, 1.82) is 0 Å². The summed E-state index contributed by atoms with van der Waals surface area (Å²) in [6, 6.07) is 11.9. The number of benzene rings is 1. The zero-order valence-corrected chi connectivity index (χ0v) is 15.5. The fourth-order valence-electron chi connectivity index (χ4n) is 4.32. The van der Waals surface area contributed by atoms with Crippen molar-refractivity contribution in [2.45, 2.75) is 6.54 Å². The van der Waals surface area contributed by atoms with Gasteiger partial charge in [0.1, 0.15) is 5.52 Å². The molecule has 7 heteroatoms. The molecule has 3 atom stereocenters. The number of likely N-dealkylation sites (tertiary alicyclic amines) is 1. The Balaban J connectivity index is 1.31. The number of rotatable bonds is 4. The smallest absolute Gasteiger partial charge is 0.309 e. The number of hydrogen-bond donors (Lipinski definition) is 0. The van der Waals surface area contributed by atoms with Gasteiger partial charge in [-0.1, -0.05) is 30.3 Å². The maximum Gasteiger partial charge on any atom is 0.309 e. The van der Waals surface area contributed by atoms with E-state index in [1.807, 2.05) is 22.8 Å². The molecule has 1 aliphatic carbocycles. The van der Waals surface area contributed by atoms with Crippen LogP contribution in [0.15, 0.2) is 48.9 Å². The lowest BCUT2D eigenvalue weighted by Gasteiger charge is -2.19. The highest BCUT2D eigenvalue weighted by molar-refractivity contribution is 5.97. The van der Waals surface area contributed by atoms with Crippen molar-refractivity contribution in [2.24, 2.45) is 17.8 Å². The molecule has 3 aromatic rings. The van der Waals surface area contributed by atoms with Crippen molar-refractivity contribution in [1.82, 2.24) is 19.4 Å². The van der Waals surface area contributed by atoms with E-state index in [9.17, 15) is 9.59 Å². The number of carbonyl (C=O) groups excluding carboxylic acids is 2. The molecule has 2 aliphatic rings. The highest BCUT2D eigenvalue weighted by Gasteiger charge is 2.61. The van der Waals surface area contributed by atoms with Gasteiger partial charge in [-0.05, 0) is 23.5 Å². The summed E-state index contributed by atoms with van der Waals surface area (Å²) in [7, 11) is 1.41. The summed E-state index contributed by atoms with van der Waals surface area (Å²) in [5, 5.41) is 0. The van der Waals surface area contributed by atoms with E-state index in [-0.39, 0.29) is 29.6 Å². The fourth-order valence-corrected chi connectivity index (χ4v) is 4.32. The second-order valence-corrected chi connectivity index (χ2v) is 7.51. The second kappa shape index (κ2) is 6.44. The minimum Gasteiger partial charge on any atom is -0.469 e. The lowest BCUT2D eigenvalue weighted by Crippen LogP contribution is -2.32. The Bertz CT molecular complexity index is 1050. The molecule has 142 valence electrons. The summed E-state index contributed by atoms with van der Waals surface area (Å²) in [5.74, 6) is 0.219. The first kappa shape index (κ1) is 16.9. The van der Waals surface area contributed by atoms with E-state index in [0.29, 0.717) is 30.7 Å². The molecular formula is C21H20N4O3. The first-order valence-electron chi connectivity index (χ1n) is 9.37. The zero-order chi connectivity index (χ0) is 19.3. The average molecular weight is 376 g/mol. The Morgan fingerprint density at radius 1 is 1.14 bits per heavy atom. The molecule has 7 nitrogen and oxygen atoms in total. The average Bonchev–Trinajstić information content (AvgIpc) is 3.05. The summed E-state index contributed by atoms with van der Waals surface area (Å²) >= 11 is 0. The van der Waals surface area contributed by atoms with E-state index in [4.69, 9.17) is 4.74 Å². The molecule has 1 aliphatic heterocycles. The van der Waals surface area contributed by atoms with Gasteiger partial charge in [0.25, 0.3) is 5.91 Å². The van der Waals surface area contributed by atoms with Crippen LogP contribution in [0.2, 0.25) is 0 Å². The Morgan fingerprint density at radius 2 is 1.89 bits per heavy atom. The van der Waals surface area contributed by atoms with Gasteiger partial charge in [-0.15, -0.1) is 0 Å². The van der Waals surface area contributed by atoms with Gasteiger partial charge in [-0.25, -0.2) is 9.97 Å². The molecule has 28 heavy (non-hydrogen) atoms. The number of aromatic nitrogens is 3. The van der Waals surface area contributed by atoms with Crippen molar-refractivity contribution < 1.29 is 14.3 Å². The van der Waals surface area contributed by atoms with Crippen molar-refractivity contribution in [2.75, 3.05) is 20.2 Å². The highest BCUT2D eigenvalue weighted by Crippen LogP contribution is 2.52. The molecule has 3 heterocycles. The number of carbonyl (C=O) groups is 2. The Labute approximate surface area is 161 Å². The number of fused-ring (bicyclic) bond motifs is 2. The van der Waals surface area contributed by atoms with E-state index in [2.05, 4.69) is 22.1 Å². The molecule has 2 fully saturated rings. The molecule has 2 aromatic heterocycles. The molecule has 0 radical (unpaired) electrons. The van der Waals surface area contributed by atoms with Crippen LogP contribution in [0, 0.1) is 17.8 Å². The second-order valence-electron chi connectivity index (χ2n) is 7.51. The Morgan fingerprint density at radius 3 is 2.61 bits per heavy atom. The quantitative estimate of drug-likeness (QED) is 0.651. The Kier molecular flexibility index (Phi) is 3.89. The monoisotopic (exact) mass is 376 g/mol. The van der Waals surface area contributed by atoms with Crippen LogP contribution in [0.1, 0.15) is 15.9 Å². The third-order valence-corrected chi connectivity index (χ3v) is 5.85. The Hall–Kier alpha value is -3.22. The van der Waals surface area contributed by atoms with Crippen LogP contribution in [0.4, 0.5) is 0 Å². The number of ether oxygens (including phenoxy) is 1. The summed E-state index contributed by atoms with van der Waals surface area (Å²) < 4.78 is 6.80. The minimum absolute atomic E-state index is 0.0386. The van der Waals surface area contributed by atoms with Crippen LogP contribution >= 0.6 is 0 Å². The van der Waals surface area contributed by atoms with Crippen LogP contribution in [-0.4, -0.2) is 51.5 Å². The number of esters is 1. The van der Waals surface area contributed by atoms with Crippen LogP contribution in [0.25, 0.3) is 11.2 Å². The van der Waals surface area contributed by atoms with Gasteiger partial charge < -0.3 is 14.2 Å². The SMILES string of the molecule is COC(=O)C1[C@H]2CN(C(=O)c3cnc4c(c3)ncn4Cc3ccccc3)C[C@@H]12. The number of pyridine rings is 1. The van der Waals surface area contributed by atoms with E-state index >= 15 is 0 Å². The van der Waals surface area contributed by atoms with Gasteiger partial charge in [0, 0.05) is 19.3 Å². The van der Waals surface area contributed by atoms with Crippen molar-refractivity contribution in [3.8, 4) is 0 Å².